The van der Waals surface area contributed by atoms with Gasteiger partial charge in [0.05, 0.1) is 15.7 Å². The molecule has 0 aliphatic carbocycles. The van der Waals surface area contributed by atoms with E-state index in [0.717, 1.165) is 22.8 Å². The molecule has 0 bridgehead atoms. The molecule has 3 nitrogen and oxygen atoms in total. The number of pyridine rings is 1. The van der Waals surface area contributed by atoms with Crippen molar-refractivity contribution in [2.24, 2.45) is 0 Å². The van der Waals surface area contributed by atoms with Crippen LogP contribution in [0.3, 0.4) is 0 Å². The van der Waals surface area contributed by atoms with E-state index in [2.05, 4.69) is 16.6 Å². The minimum absolute atomic E-state index is 0.0432. The van der Waals surface area contributed by atoms with E-state index in [9.17, 15) is 4.21 Å². The van der Waals surface area contributed by atoms with Crippen LogP contribution in [0.25, 0.3) is 10.8 Å². The van der Waals surface area contributed by atoms with Crippen LogP contribution in [0.2, 0.25) is 10.2 Å². The molecule has 2 aromatic rings. The van der Waals surface area contributed by atoms with Crippen LogP contribution in [-0.4, -0.2) is 13.9 Å². The molecule has 6 heteroatoms. The molecule has 0 aliphatic heterocycles. The van der Waals surface area contributed by atoms with Crippen molar-refractivity contribution in [2.75, 3.05) is 0 Å². The fraction of sp³-hybridized carbons (Fsp3) is 0.438. The van der Waals surface area contributed by atoms with Crippen molar-refractivity contribution in [1.82, 2.24) is 9.71 Å². The van der Waals surface area contributed by atoms with Gasteiger partial charge in [0.25, 0.3) is 0 Å². The predicted molar refractivity (Wildman–Crippen MR) is 95.8 cm³/mol. The van der Waals surface area contributed by atoms with E-state index in [4.69, 9.17) is 23.2 Å². The predicted octanol–water partition coefficient (Wildman–Crippen LogP) is 5.04. The Morgan fingerprint density at radius 1 is 1.27 bits per heavy atom. The molecule has 0 aliphatic rings. The van der Waals surface area contributed by atoms with Crippen molar-refractivity contribution in [3.8, 4) is 0 Å². The van der Waals surface area contributed by atoms with Crippen LogP contribution in [-0.2, 0) is 11.0 Å². The average molecular weight is 359 g/mol. The van der Waals surface area contributed by atoms with Crippen molar-refractivity contribution >= 4 is 45.0 Å². The van der Waals surface area contributed by atoms with E-state index in [1.54, 1.807) is 6.20 Å². The van der Waals surface area contributed by atoms with Crippen LogP contribution in [0, 0.1) is 0 Å². The number of hydrogen-bond donors (Lipinski definition) is 1. The minimum Gasteiger partial charge on any atom is -0.244 e. The van der Waals surface area contributed by atoms with E-state index in [0.29, 0.717) is 10.2 Å². The first-order chi connectivity index (χ1) is 10.2. The highest BCUT2D eigenvalue weighted by Gasteiger charge is 2.24. The van der Waals surface area contributed by atoms with E-state index in [1.807, 2.05) is 39.0 Å². The Morgan fingerprint density at radius 3 is 2.55 bits per heavy atom. The molecule has 1 heterocycles. The summed E-state index contributed by atoms with van der Waals surface area (Å²) in [4.78, 5) is 4.10. The van der Waals surface area contributed by atoms with Crippen LogP contribution in [0.5, 0.6) is 0 Å². The van der Waals surface area contributed by atoms with E-state index < -0.39 is 11.0 Å². The largest absolute Gasteiger partial charge is 0.244 e. The van der Waals surface area contributed by atoms with E-state index >= 15 is 0 Å². The topological polar surface area (TPSA) is 42.0 Å². The van der Waals surface area contributed by atoms with Gasteiger partial charge in [-0.05, 0) is 50.3 Å². The van der Waals surface area contributed by atoms with Gasteiger partial charge < -0.3 is 0 Å². The number of hydrogen-bond acceptors (Lipinski definition) is 2. The van der Waals surface area contributed by atoms with Gasteiger partial charge in [-0.1, -0.05) is 36.2 Å². The Hall–Kier alpha value is -0.680. The summed E-state index contributed by atoms with van der Waals surface area (Å²) in [5.74, 6) is 0. The molecule has 2 atom stereocenters. The van der Waals surface area contributed by atoms with Crippen LogP contribution >= 0.6 is 23.2 Å². The number of rotatable bonds is 4. The third-order valence-corrected chi connectivity index (χ3v) is 5.58. The minimum atomic E-state index is -1.15. The molecule has 1 aromatic carbocycles. The molecule has 120 valence electrons. The Bertz CT molecular complexity index is 713. The van der Waals surface area contributed by atoms with Crippen molar-refractivity contribution in [3.05, 3.63) is 40.1 Å². The number of nitrogens with one attached hydrogen (secondary N) is 1. The van der Waals surface area contributed by atoms with Crippen molar-refractivity contribution in [3.63, 3.8) is 0 Å². The monoisotopic (exact) mass is 358 g/mol. The number of halogens is 2. The molecule has 0 fully saturated rings. The van der Waals surface area contributed by atoms with Crippen LogP contribution in [0.4, 0.5) is 0 Å². The smallest absolute Gasteiger partial charge is 0.129 e. The summed E-state index contributed by atoms with van der Waals surface area (Å²) < 4.78 is 15.3. The lowest BCUT2D eigenvalue weighted by Gasteiger charge is -2.24. The Kier molecular flexibility index (Phi) is 5.49. The molecule has 0 saturated carbocycles. The fourth-order valence-electron chi connectivity index (χ4n) is 2.18. The third-order valence-electron chi connectivity index (χ3n) is 3.44. The quantitative estimate of drug-likeness (QED) is 0.777. The summed E-state index contributed by atoms with van der Waals surface area (Å²) in [6.07, 6.45) is 2.48. The van der Waals surface area contributed by atoms with Crippen molar-refractivity contribution in [1.29, 1.82) is 0 Å². The maximum Gasteiger partial charge on any atom is 0.129 e. The maximum atomic E-state index is 12.4. The zero-order valence-electron chi connectivity index (χ0n) is 13.1. The molecule has 0 amide bonds. The second kappa shape index (κ2) is 6.83. The van der Waals surface area contributed by atoms with Crippen LogP contribution in [0.15, 0.2) is 24.4 Å². The first kappa shape index (κ1) is 17.7. The average Bonchev–Trinajstić information content (AvgIpc) is 2.44. The molecule has 0 saturated heterocycles. The van der Waals surface area contributed by atoms with Gasteiger partial charge in [0.15, 0.2) is 0 Å². The zero-order chi connectivity index (χ0) is 16.5. The third kappa shape index (κ3) is 3.80. The van der Waals surface area contributed by atoms with Gasteiger partial charge in [0.1, 0.15) is 5.15 Å². The van der Waals surface area contributed by atoms with Crippen molar-refractivity contribution < 1.29 is 4.21 Å². The standard InChI is InChI=1S/C16H20Cl2N2OS/c1-5-14(20-22(21)16(2,3)4)10-6-7-13(17)12-9-19-15(18)8-11(10)12/h6-9,14,20H,5H2,1-4H3/t14-,22+/m0/s1. The highest BCUT2D eigenvalue weighted by molar-refractivity contribution is 7.84. The first-order valence-corrected chi connectivity index (χ1v) is 9.06. The normalized spacial score (nSPS) is 15.0. The SMILES string of the molecule is CC[C@H](N[S@](=O)C(C)(C)C)c1ccc(Cl)c2cnc(Cl)cc12. The van der Waals surface area contributed by atoms with Gasteiger partial charge in [-0.15, -0.1) is 0 Å². The van der Waals surface area contributed by atoms with Gasteiger partial charge >= 0.3 is 0 Å². The highest BCUT2D eigenvalue weighted by Crippen LogP contribution is 2.32. The summed E-state index contributed by atoms with van der Waals surface area (Å²) in [6, 6.07) is 5.57. The lowest BCUT2D eigenvalue weighted by molar-refractivity contribution is 0.591. The van der Waals surface area contributed by atoms with Gasteiger partial charge in [0, 0.05) is 22.6 Å². The Labute approximate surface area is 144 Å². The van der Waals surface area contributed by atoms with Gasteiger partial charge in [-0.2, -0.15) is 0 Å². The van der Waals surface area contributed by atoms with E-state index in [1.165, 1.54) is 0 Å². The van der Waals surface area contributed by atoms with Crippen molar-refractivity contribution in [2.45, 2.75) is 44.9 Å². The van der Waals surface area contributed by atoms with Gasteiger partial charge in [0.2, 0.25) is 0 Å². The summed E-state index contributed by atoms with van der Waals surface area (Å²) in [5.41, 5.74) is 1.03. The lowest BCUT2D eigenvalue weighted by atomic mass is 9.99. The summed E-state index contributed by atoms with van der Waals surface area (Å²) in [5, 5.41) is 2.85. The van der Waals surface area contributed by atoms with Crippen LogP contribution in [0.1, 0.15) is 45.7 Å². The lowest BCUT2D eigenvalue weighted by Crippen LogP contribution is -2.35. The zero-order valence-corrected chi connectivity index (χ0v) is 15.4. The molecule has 0 radical (unpaired) electrons. The molecule has 0 spiro atoms. The molecule has 1 aromatic heterocycles. The summed E-state index contributed by atoms with van der Waals surface area (Å²) in [7, 11) is -1.15. The second-order valence-corrected chi connectivity index (χ2v) is 8.94. The number of fused-ring (bicyclic) bond motifs is 1. The molecule has 0 unspecified atom stereocenters. The maximum absolute atomic E-state index is 12.4. The summed E-state index contributed by atoms with van der Waals surface area (Å²) in [6.45, 7) is 7.90. The van der Waals surface area contributed by atoms with Gasteiger partial charge in [-0.3, -0.25) is 0 Å². The Balaban J connectivity index is 2.50. The van der Waals surface area contributed by atoms with Crippen LogP contribution < -0.4 is 4.72 Å². The molecular formula is C16H20Cl2N2OS. The molecule has 1 N–H and O–H groups in total. The molecule has 22 heavy (non-hydrogen) atoms. The van der Waals surface area contributed by atoms with Gasteiger partial charge in [-0.25, -0.2) is 13.9 Å². The number of aromatic nitrogens is 1. The first-order valence-electron chi connectivity index (χ1n) is 7.15. The summed E-state index contributed by atoms with van der Waals surface area (Å²) >= 11 is 12.3. The number of benzene rings is 1. The molecular weight excluding hydrogens is 339 g/mol. The Morgan fingerprint density at radius 2 is 1.95 bits per heavy atom. The molecule has 2 rings (SSSR count). The highest BCUT2D eigenvalue weighted by atomic mass is 35.5. The fourth-order valence-corrected chi connectivity index (χ4v) is 3.46. The number of nitrogens with zero attached hydrogens (tertiary/aromatic N) is 1. The van der Waals surface area contributed by atoms with E-state index in [-0.39, 0.29) is 10.8 Å². The second-order valence-electron chi connectivity index (χ2n) is 6.15.